The third-order valence-corrected chi connectivity index (χ3v) is 4.12. The van der Waals surface area contributed by atoms with Crippen LogP contribution < -0.4 is 15.4 Å². The van der Waals surface area contributed by atoms with Crippen molar-refractivity contribution in [1.29, 1.82) is 0 Å². The van der Waals surface area contributed by atoms with Crippen LogP contribution in [-0.4, -0.2) is 39.6 Å². The van der Waals surface area contributed by atoms with Gasteiger partial charge in [-0.1, -0.05) is 0 Å². The number of aromatic nitrogens is 3. The molecule has 0 spiro atoms. The van der Waals surface area contributed by atoms with Gasteiger partial charge in [-0.2, -0.15) is 5.10 Å². The minimum absolute atomic E-state index is 0.0943. The minimum Gasteiger partial charge on any atom is -0.482 e. The lowest BCUT2D eigenvalue weighted by molar-refractivity contribution is 0.0122. The molecule has 7 nitrogen and oxygen atoms in total. The van der Waals surface area contributed by atoms with Crippen LogP contribution in [0.2, 0.25) is 0 Å². The summed E-state index contributed by atoms with van der Waals surface area (Å²) in [7, 11) is 0. The summed E-state index contributed by atoms with van der Waals surface area (Å²) in [5.74, 6) is -0.599. The number of hydrogen-bond acceptors (Lipinski definition) is 5. The average Bonchev–Trinajstić information content (AvgIpc) is 3.07. The number of hydrogen-bond donors (Lipinski definition) is 2. The molecule has 0 saturated carbocycles. The first kappa shape index (κ1) is 17.1. The second-order valence-corrected chi connectivity index (χ2v) is 5.95. The molecule has 2 aromatic heterocycles. The van der Waals surface area contributed by atoms with Gasteiger partial charge in [0.05, 0.1) is 12.7 Å². The number of rotatable bonds is 1. The topological polar surface area (TPSA) is 80.5 Å². The first-order valence-electron chi connectivity index (χ1n) is 8.11. The number of carbonyl (C=O) groups is 1. The van der Waals surface area contributed by atoms with Crippen LogP contribution in [-0.2, 0) is 6.54 Å². The Labute approximate surface area is 151 Å². The first-order chi connectivity index (χ1) is 13.0. The second-order valence-electron chi connectivity index (χ2n) is 5.95. The molecule has 1 amide bonds. The molecule has 140 valence electrons. The van der Waals surface area contributed by atoms with Gasteiger partial charge in [0.1, 0.15) is 22.9 Å². The van der Waals surface area contributed by atoms with Gasteiger partial charge in [0.25, 0.3) is 12.3 Å². The van der Waals surface area contributed by atoms with Crippen molar-refractivity contribution in [3.63, 3.8) is 0 Å². The zero-order valence-electron chi connectivity index (χ0n) is 13.8. The summed E-state index contributed by atoms with van der Waals surface area (Å²) in [6, 6.07) is 5.24. The molecule has 1 unspecified atom stereocenters. The number of amides is 1. The molecule has 3 aromatic rings. The fourth-order valence-electron chi connectivity index (χ4n) is 2.75. The zero-order valence-corrected chi connectivity index (χ0v) is 13.8. The van der Waals surface area contributed by atoms with Gasteiger partial charge in [0, 0.05) is 18.3 Å². The predicted octanol–water partition coefficient (Wildman–Crippen LogP) is 2.24. The highest BCUT2D eigenvalue weighted by Crippen LogP contribution is 2.24. The lowest BCUT2D eigenvalue weighted by Crippen LogP contribution is -2.39. The van der Waals surface area contributed by atoms with Crippen LogP contribution in [0, 0.1) is 5.82 Å². The Morgan fingerprint density at radius 1 is 1.26 bits per heavy atom. The van der Waals surface area contributed by atoms with E-state index in [0.29, 0.717) is 11.4 Å². The quantitative estimate of drug-likeness (QED) is 0.680. The number of halogens is 3. The van der Waals surface area contributed by atoms with Crippen LogP contribution in [0.1, 0.15) is 15.9 Å². The number of benzene rings is 1. The van der Waals surface area contributed by atoms with Crippen LogP contribution in [0.5, 0.6) is 5.75 Å². The summed E-state index contributed by atoms with van der Waals surface area (Å²) < 4.78 is 47.2. The average molecular weight is 377 g/mol. The molecule has 0 aliphatic carbocycles. The van der Waals surface area contributed by atoms with E-state index in [-0.39, 0.29) is 23.5 Å². The smallest absolute Gasteiger partial charge is 0.276 e. The predicted molar refractivity (Wildman–Crippen MR) is 89.5 cm³/mol. The number of ether oxygens (including phenoxy) is 1. The Morgan fingerprint density at radius 2 is 2.11 bits per heavy atom. The lowest BCUT2D eigenvalue weighted by Gasteiger charge is -2.21. The Kier molecular flexibility index (Phi) is 4.30. The maximum Gasteiger partial charge on any atom is 0.276 e. The van der Waals surface area contributed by atoms with Gasteiger partial charge in [-0.05, 0) is 24.3 Å². The van der Waals surface area contributed by atoms with Gasteiger partial charge in [0.2, 0.25) is 0 Å². The highest BCUT2D eigenvalue weighted by Gasteiger charge is 2.26. The zero-order chi connectivity index (χ0) is 19.0. The fourth-order valence-corrected chi connectivity index (χ4v) is 2.75. The van der Waals surface area contributed by atoms with Crippen molar-refractivity contribution in [3.8, 4) is 5.75 Å². The van der Waals surface area contributed by atoms with E-state index in [4.69, 9.17) is 4.74 Å². The number of fused-ring (bicyclic) bond motifs is 2. The molecule has 1 aliphatic rings. The van der Waals surface area contributed by atoms with Gasteiger partial charge in [-0.25, -0.2) is 22.7 Å². The van der Waals surface area contributed by atoms with Crippen LogP contribution in [0.25, 0.3) is 5.65 Å². The molecule has 0 fully saturated rings. The normalized spacial score (nSPS) is 17.3. The van der Waals surface area contributed by atoms with E-state index < -0.39 is 30.8 Å². The summed E-state index contributed by atoms with van der Waals surface area (Å²) >= 11 is 0. The van der Waals surface area contributed by atoms with E-state index in [9.17, 15) is 18.0 Å². The molecule has 1 aliphatic heterocycles. The van der Waals surface area contributed by atoms with E-state index in [2.05, 4.69) is 20.7 Å². The summed E-state index contributed by atoms with van der Waals surface area (Å²) in [4.78, 5) is 16.7. The molecule has 1 atom stereocenters. The summed E-state index contributed by atoms with van der Waals surface area (Å²) in [5.41, 5.74) is 0.766. The van der Waals surface area contributed by atoms with E-state index in [1.165, 1.54) is 22.8 Å². The SMILES string of the molecule is O=C1NCC(C(F)F)Oc2ccc(F)cc2CNc2ccn3ncc1c3n2. The first-order valence-corrected chi connectivity index (χ1v) is 8.11. The monoisotopic (exact) mass is 377 g/mol. The lowest BCUT2D eigenvalue weighted by atomic mass is 10.2. The maximum absolute atomic E-state index is 13.6. The van der Waals surface area contributed by atoms with Crippen molar-refractivity contribution >= 4 is 17.4 Å². The highest BCUT2D eigenvalue weighted by atomic mass is 19.3. The third kappa shape index (κ3) is 3.37. The maximum atomic E-state index is 13.6. The van der Waals surface area contributed by atoms with Crippen molar-refractivity contribution in [2.75, 3.05) is 11.9 Å². The molecule has 10 heteroatoms. The van der Waals surface area contributed by atoms with Crippen molar-refractivity contribution in [1.82, 2.24) is 19.9 Å². The van der Waals surface area contributed by atoms with Crippen molar-refractivity contribution in [3.05, 3.63) is 53.6 Å². The molecule has 2 N–H and O–H groups in total. The Morgan fingerprint density at radius 3 is 2.93 bits per heavy atom. The molecule has 0 radical (unpaired) electrons. The van der Waals surface area contributed by atoms with Gasteiger partial charge in [-0.3, -0.25) is 4.79 Å². The van der Waals surface area contributed by atoms with Gasteiger partial charge >= 0.3 is 0 Å². The number of anilines is 1. The van der Waals surface area contributed by atoms with Crippen LogP contribution >= 0.6 is 0 Å². The Balaban J connectivity index is 1.78. The van der Waals surface area contributed by atoms with Crippen molar-refractivity contribution in [2.45, 2.75) is 19.1 Å². The number of nitrogens with one attached hydrogen (secondary N) is 2. The van der Waals surface area contributed by atoms with E-state index in [0.717, 1.165) is 6.07 Å². The largest absolute Gasteiger partial charge is 0.482 e. The van der Waals surface area contributed by atoms with E-state index >= 15 is 0 Å². The second kappa shape index (κ2) is 6.78. The van der Waals surface area contributed by atoms with Crippen LogP contribution in [0.4, 0.5) is 19.0 Å². The standard InChI is InChI=1S/C17H14F3N5O2/c18-10-1-2-12-9(5-10)6-21-14-3-4-25-16(24-14)11(7-23-25)17(26)22-8-13(27-12)15(19)20/h1-5,7,13,15H,6,8H2,(H,21,24)(H,22,26). The minimum atomic E-state index is -2.85. The molecule has 4 rings (SSSR count). The Hall–Kier alpha value is -3.30. The molecule has 27 heavy (non-hydrogen) atoms. The summed E-state index contributed by atoms with van der Waals surface area (Å²) in [5, 5.41) is 9.42. The van der Waals surface area contributed by atoms with Crippen LogP contribution in [0.3, 0.4) is 0 Å². The summed E-state index contributed by atoms with van der Waals surface area (Å²) in [6.07, 6.45) is -1.54. The molecular formula is C17H14F3N5O2. The van der Waals surface area contributed by atoms with Gasteiger partial charge < -0.3 is 15.4 Å². The van der Waals surface area contributed by atoms with Gasteiger partial charge in [0.15, 0.2) is 11.8 Å². The highest BCUT2D eigenvalue weighted by molar-refractivity contribution is 5.99. The summed E-state index contributed by atoms with van der Waals surface area (Å²) in [6.45, 7) is -0.338. The van der Waals surface area contributed by atoms with E-state index in [1.54, 1.807) is 12.3 Å². The van der Waals surface area contributed by atoms with Gasteiger partial charge in [-0.15, -0.1) is 0 Å². The number of alkyl halides is 2. The molecule has 2 bridgehead atoms. The van der Waals surface area contributed by atoms with Crippen LogP contribution in [0.15, 0.2) is 36.7 Å². The number of carbonyl (C=O) groups excluding carboxylic acids is 1. The van der Waals surface area contributed by atoms with Crippen molar-refractivity contribution in [2.24, 2.45) is 0 Å². The number of nitrogens with zero attached hydrogens (tertiary/aromatic N) is 3. The van der Waals surface area contributed by atoms with E-state index in [1.807, 2.05) is 0 Å². The molecule has 0 saturated heterocycles. The third-order valence-electron chi connectivity index (χ3n) is 4.12. The molecular weight excluding hydrogens is 363 g/mol. The molecule has 3 heterocycles. The van der Waals surface area contributed by atoms with Crippen molar-refractivity contribution < 1.29 is 22.7 Å². The molecule has 1 aromatic carbocycles. The Bertz CT molecular complexity index is 1010. The fraction of sp³-hybridized carbons (Fsp3) is 0.235.